The van der Waals surface area contributed by atoms with Crippen molar-refractivity contribution >= 4 is 0 Å². The molecule has 0 bridgehead atoms. The fourth-order valence-corrected chi connectivity index (χ4v) is 1.68. The summed E-state index contributed by atoms with van der Waals surface area (Å²) in [5.74, 6) is 1.33. The van der Waals surface area contributed by atoms with Crippen molar-refractivity contribution in [3.8, 4) is 11.5 Å². The predicted octanol–water partition coefficient (Wildman–Crippen LogP) is 2.55. The van der Waals surface area contributed by atoms with E-state index in [1.165, 1.54) is 0 Å². The van der Waals surface area contributed by atoms with E-state index in [0.29, 0.717) is 24.7 Å². The monoisotopic (exact) mass is 259 g/mol. The average molecular weight is 259 g/mol. The zero-order valence-corrected chi connectivity index (χ0v) is 10.9. The Labute approximate surface area is 112 Å². The molecule has 0 unspecified atom stereocenters. The first-order chi connectivity index (χ1) is 9.33. The number of ether oxygens (including phenoxy) is 2. The highest BCUT2D eigenvalue weighted by atomic mass is 16.5. The maximum Gasteiger partial charge on any atom is 0.161 e. The van der Waals surface area contributed by atoms with Crippen molar-refractivity contribution in [2.45, 2.75) is 20.1 Å². The molecule has 0 spiro atoms. The molecule has 0 aliphatic heterocycles. The summed E-state index contributed by atoms with van der Waals surface area (Å²) >= 11 is 0. The molecule has 0 radical (unpaired) electrons. The van der Waals surface area contributed by atoms with Crippen LogP contribution in [0.25, 0.3) is 0 Å². The third kappa shape index (κ3) is 3.69. The van der Waals surface area contributed by atoms with Crippen molar-refractivity contribution < 1.29 is 14.6 Å². The van der Waals surface area contributed by atoms with Gasteiger partial charge in [-0.25, -0.2) is 0 Å². The first-order valence-corrected chi connectivity index (χ1v) is 6.21. The predicted molar refractivity (Wildman–Crippen MR) is 72.1 cm³/mol. The van der Waals surface area contributed by atoms with E-state index in [4.69, 9.17) is 14.6 Å². The molecule has 2 rings (SSSR count). The Morgan fingerprint density at radius 3 is 2.47 bits per heavy atom. The third-order valence-corrected chi connectivity index (χ3v) is 2.63. The molecule has 1 N–H and O–H groups in total. The van der Waals surface area contributed by atoms with Crippen LogP contribution in [0, 0.1) is 0 Å². The largest absolute Gasteiger partial charge is 0.490 e. The molecule has 100 valence electrons. The minimum atomic E-state index is -0.00922. The van der Waals surface area contributed by atoms with Crippen LogP contribution in [0.3, 0.4) is 0 Å². The van der Waals surface area contributed by atoms with Crippen LogP contribution in [0.4, 0.5) is 0 Å². The average Bonchev–Trinajstić information content (AvgIpc) is 2.47. The van der Waals surface area contributed by atoms with Crippen LogP contribution >= 0.6 is 0 Å². The van der Waals surface area contributed by atoms with Crippen LogP contribution in [0.2, 0.25) is 0 Å². The molecule has 0 saturated carbocycles. The van der Waals surface area contributed by atoms with E-state index in [1.807, 2.05) is 31.2 Å². The van der Waals surface area contributed by atoms with Gasteiger partial charge in [0, 0.05) is 12.4 Å². The third-order valence-electron chi connectivity index (χ3n) is 2.63. The first-order valence-electron chi connectivity index (χ1n) is 6.21. The lowest BCUT2D eigenvalue weighted by molar-refractivity contribution is 0.263. The Kier molecular flexibility index (Phi) is 4.75. The van der Waals surface area contributed by atoms with E-state index in [2.05, 4.69) is 4.98 Å². The number of aromatic nitrogens is 1. The van der Waals surface area contributed by atoms with Gasteiger partial charge in [0.15, 0.2) is 11.5 Å². The van der Waals surface area contributed by atoms with Crippen LogP contribution in [-0.4, -0.2) is 16.7 Å². The van der Waals surface area contributed by atoms with E-state index < -0.39 is 0 Å². The van der Waals surface area contributed by atoms with Crippen LogP contribution in [0.5, 0.6) is 11.5 Å². The van der Waals surface area contributed by atoms with Gasteiger partial charge in [0.1, 0.15) is 6.61 Å². The van der Waals surface area contributed by atoms with Crippen molar-refractivity contribution in [2.75, 3.05) is 6.61 Å². The fraction of sp³-hybridized carbons (Fsp3) is 0.267. The lowest BCUT2D eigenvalue weighted by Gasteiger charge is -2.12. The van der Waals surface area contributed by atoms with Crippen LogP contribution < -0.4 is 9.47 Å². The topological polar surface area (TPSA) is 51.6 Å². The number of pyridine rings is 1. The SMILES string of the molecule is CCOc1cc(CO)ccc1OCc1ccncc1. The van der Waals surface area contributed by atoms with Crippen LogP contribution in [0.1, 0.15) is 18.1 Å². The second-order valence-corrected chi connectivity index (χ2v) is 4.02. The standard InChI is InChI=1S/C15H17NO3/c1-2-18-15-9-13(10-17)3-4-14(15)19-11-12-5-7-16-8-6-12/h3-9,17H,2,10-11H2,1H3. The summed E-state index contributed by atoms with van der Waals surface area (Å²) in [5.41, 5.74) is 1.85. The van der Waals surface area contributed by atoms with Crippen molar-refractivity contribution in [2.24, 2.45) is 0 Å². The van der Waals surface area contributed by atoms with Gasteiger partial charge in [0.25, 0.3) is 0 Å². The summed E-state index contributed by atoms with van der Waals surface area (Å²) in [6, 6.07) is 9.25. The van der Waals surface area contributed by atoms with Gasteiger partial charge >= 0.3 is 0 Å². The molecule has 0 saturated heterocycles. The summed E-state index contributed by atoms with van der Waals surface area (Å²) in [6.45, 7) is 2.92. The molecular formula is C15H17NO3. The number of benzene rings is 1. The number of nitrogens with zero attached hydrogens (tertiary/aromatic N) is 1. The molecule has 1 aromatic carbocycles. The lowest BCUT2D eigenvalue weighted by Crippen LogP contribution is -2.00. The van der Waals surface area contributed by atoms with E-state index in [9.17, 15) is 0 Å². The van der Waals surface area contributed by atoms with Crippen LogP contribution in [0.15, 0.2) is 42.7 Å². The number of aliphatic hydroxyl groups excluding tert-OH is 1. The van der Waals surface area contributed by atoms with E-state index >= 15 is 0 Å². The summed E-state index contributed by atoms with van der Waals surface area (Å²) in [5, 5.41) is 9.13. The highest BCUT2D eigenvalue weighted by Crippen LogP contribution is 2.29. The van der Waals surface area contributed by atoms with Gasteiger partial charge < -0.3 is 14.6 Å². The van der Waals surface area contributed by atoms with Gasteiger partial charge in [-0.05, 0) is 42.3 Å². The second kappa shape index (κ2) is 6.75. The number of hydrogen-bond acceptors (Lipinski definition) is 4. The molecule has 0 atom stereocenters. The highest BCUT2D eigenvalue weighted by molar-refractivity contribution is 5.43. The van der Waals surface area contributed by atoms with Gasteiger partial charge in [-0.3, -0.25) is 4.98 Å². The Hall–Kier alpha value is -2.07. The number of aliphatic hydroxyl groups is 1. The first kappa shape index (κ1) is 13.4. The number of rotatable bonds is 6. The summed E-state index contributed by atoms with van der Waals surface area (Å²) < 4.78 is 11.3. The van der Waals surface area contributed by atoms with Crippen LogP contribution in [-0.2, 0) is 13.2 Å². The quantitative estimate of drug-likeness (QED) is 0.866. The van der Waals surface area contributed by atoms with Gasteiger partial charge in [0.05, 0.1) is 13.2 Å². The Balaban J connectivity index is 2.10. The zero-order chi connectivity index (χ0) is 13.5. The smallest absolute Gasteiger partial charge is 0.161 e. The fourth-order valence-electron chi connectivity index (χ4n) is 1.68. The van der Waals surface area contributed by atoms with Crippen molar-refractivity contribution in [3.63, 3.8) is 0 Å². The lowest BCUT2D eigenvalue weighted by atomic mass is 10.2. The molecule has 1 heterocycles. The summed E-state index contributed by atoms with van der Waals surface area (Å²) in [6.07, 6.45) is 3.47. The Morgan fingerprint density at radius 2 is 1.79 bits per heavy atom. The minimum absolute atomic E-state index is 0.00922. The molecule has 4 heteroatoms. The zero-order valence-electron chi connectivity index (χ0n) is 10.9. The molecule has 19 heavy (non-hydrogen) atoms. The molecule has 0 aliphatic rings. The second-order valence-electron chi connectivity index (χ2n) is 4.02. The minimum Gasteiger partial charge on any atom is -0.490 e. The maximum absolute atomic E-state index is 9.13. The van der Waals surface area contributed by atoms with Crippen molar-refractivity contribution in [1.29, 1.82) is 0 Å². The van der Waals surface area contributed by atoms with E-state index in [0.717, 1.165) is 11.1 Å². The normalized spacial score (nSPS) is 10.2. The molecule has 1 aromatic heterocycles. The Bertz CT molecular complexity index is 514. The van der Waals surface area contributed by atoms with Crippen molar-refractivity contribution in [3.05, 3.63) is 53.9 Å². The molecule has 0 fully saturated rings. The summed E-state index contributed by atoms with van der Waals surface area (Å²) in [4.78, 5) is 3.96. The maximum atomic E-state index is 9.13. The summed E-state index contributed by atoms with van der Waals surface area (Å²) in [7, 11) is 0. The molecule has 0 amide bonds. The van der Waals surface area contributed by atoms with E-state index in [-0.39, 0.29) is 6.61 Å². The highest BCUT2D eigenvalue weighted by Gasteiger charge is 2.06. The Morgan fingerprint density at radius 1 is 1.00 bits per heavy atom. The van der Waals surface area contributed by atoms with E-state index in [1.54, 1.807) is 18.5 Å². The molecule has 0 aliphatic carbocycles. The van der Waals surface area contributed by atoms with Crippen molar-refractivity contribution in [1.82, 2.24) is 4.98 Å². The van der Waals surface area contributed by atoms with Gasteiger partial charge in [-0.2, -0.15) is 0 Å². The van der Waals surface area contributed by atoms with Gasteiger partial charge in [-0.1, -0.05) is 6.07 Å². The van der Waals surface area contributed by atoms with Gasteiger partial charge in [0.2, 0.25) is 0 Å². The molecular weight excluding hydrogens is 242 g/mol. The molecule has 4 nitrogen and oxygen atoms in total. The van der Waals surface area contributed by atoms with Gasteiger partial charge in [-0.15, -0.1) is 0 Å². The number of hydrogen-bond donors (Lipinski definition) is 1. The molecule has 2 aromatic rings.